The van der Waals surface area contributed by atoms with Crippen LogP contribution in [-0.2, 0) is 4.74 Å². The number of ether oxygens (including phenoxy) is 1. The van der Waals surface area contributed by atoms with Gasteiger partial charge in [-0.15, -0.1) is 11.3 Å². The van der Waals surface area contributed by atoms with Crippen molar-refractivity contribution in [2.45, 2.75) is 58.4 Å². The number of aliphatic hydroxyl groups is 3. The van der Waals surface area contributed by atoms with Gasteiger partial charge < -0.3 is 30.7 Å². The summed E-state index contributed by atoms with van der Waals surface area (Å²) in [6.45, 7) is 8.69. The SMILES string of the molecule is CCOC[C@@H](C)Nc1nc(C)c(-c2nc3c(C)nccc3s2)c(NC2C[C@H](CO)[C@@H](O)[C@H]2O)n1. The van der Waals surface area contributed by atoms with Gasteiger partial charge in [-0.25, -0.2) is 9.97 Å². The summed E-state index contributed by atoms with van der Waals surface area (Å²) in [5.41, 5.74) is 3.13. The van der Waals surface area contributed by atoms with Crippen LogP contribution in [0.2, 0.25) is 0 Å². The molecule has 3 aromatic rings. The van der Waals surface area contributed by atoms with E-state index in [-0.39, 0.29) is 12.6 Å². The number of aromatic nitrogens is 4. The van der Waals surface area contributed by atoms with E-state index in [2.05, 4.69) is 20.6 Å². The van der Waals surface area contributed by atoms with Crippen LogP contribution < -0.4 is 10.6 Å². The standard InChI is InChI=1S/C23H32N6O4S/c1-5-33-10-11(2)25-23-26-12(3)17(22-28-18-13(4)24-7-6-16(18)34-22)21(29-23)27-15-8-14(9-30)19(31)20(15)32/h6-7,11,14-15,19-20,30-32H,5,8-10H2,1-4H3,(H2,25,26,27,29)/t11-,14-,15?,19-,20+/m1/s1. The Labute approximate surface area is 202 Å². The van der Waals surface area contributed by atoms with Crippen LogP contribution in [0.25, 0.3) is 20.8 Å². The predicted octanol–water partition coefficient (Wildman–Crippen LogP) is 2.12. The molecule has 0 aromatic carbocycles. The van der Waals surface area contributed by atoms with Gasteiger partial charge in [-0.1, -0.05) is 0 Å². The predicted molar refractivity (Wildman–Crippen MR) is 132 cm³/mol. The van der Waals surface area contributed by atoms with E-state index >= 15 is 0 Å². The average Bonchev–Trinajstić information content (AvgIpc) is 3.34. The molecule has 4 rings (SSSR count). The Morgan fingerprint density at radius 3 is 2.65 bits per heavy atom. The zero-order chi connectivity index (χ0) is 24.4. The second kappa shape index (κ2) is 10.4. The van der Waals surface area contributed by atoms with Crippen LogP contribution >= 0.6 is 11.3 Å². The van der Waals surface area contributed by atoms with E-state index < -0.39 is 24.2 Å². The molecule has 1 saturated carbocycles. The third kappa shape index (κ3) is 4.98. The van der Waals surface area contributed by atoms with Crippen LogP contribution in [0.3, 0.4) is 0 Å². The molecule has 0 radical (unpaired) electrons. The molecular formula is C23H32N6O4S. The van der Waals surface area contributed by atoms with E-state index in [1.165, 1.54) is 11.3 Å². The lowest BCUT2D eigenvalue weighted by molar-refractivity contribution is 0.00446. The van der Waals surface area contributed by atoms with Crippen molar-refractivity contribution in [3.8, 4) is 10.6 Å². The number of rotatable bonds is 9. The van der Waals surface area contributed by atoms with Gasteiger partial charge in [0.1, 0.15) is 22.4 Å². The first-order valence-electron chi connectivity index (χ1n) is 11.5. The normalized spacial score (nSPS) is 23.4. The molecule has 1 unspecified atom stereocenters. The number of pyridine rings is 1. The first-order chi connectivity index (χ1) is 16.3. The van der Waals surface area contributed by atoms with Crippen molar-refractivity contribution in [1.82, 2.24) is 19.9 Å². The number of hydrogen-bond donors (Lipinski definition) is 5. The van der Waals surface area contributed by atoms with E-state index in [1.807, 2.05) is 33.8 Å². The molecule has 3 aromatic heterocycles. The quantitative estimate of drug-likeness (QED) is 0.303. The summed E-state index contributed by atoms with van der Waals surface area (Å²) in [4.78, 5) is 18.6. The molecule has 5 N–H and O–H groups in total. The van der Waals surface area contributed by atoms with Crippen LogP contribution in [0, 0.1) is 19.8 Å². The number of aliphatic hydroxyl groups excluding tert-OH is 3. The Bertz CT molecular complexity index is 1140. The zero-order valence-electron chi connectivity index (χ0n) is 19.8. The third-order valence-corrected chi connectivity index (χ3v) is 7.14. The maximum atomic E-state index is 10.6. The molecule has 0 saturated heterocycles. The molecule has 3 heterocycles. The van der Waals surface area contributed by atoms with Crippen LogP contribution in [-0.4, -0.2) is 79.4 Å². The van der Waals surface area contributed by atoms with Crippen LogP contribution in [0.15, 0.2) is 12.3 Å². The third-order valence-electron chi connectivity index (χ3n) is 6.10. The van der Waals surface area contributed by atoms with Gasteiger partial charge in [0.15, 0.2) is 0 Å². The molecule has 0 spiro atoms. The van der Waals surface area contributed by atoms with Gasteiger partial charge in [0, 0.05) is 31.4 Å². The van der Waals surface area contributed by atoms with E-state index in [4.69, 9.17) is 14.7 Å². The lowest BCUT2D eigenvalue weighted by atomic mass is 10.1. The van der Waals surface area contributed by atoms with Crippen molar-refractivity contribution in [3.05, 3.63) is 23.7 Å². The van der Waals surface area contributed by atoms with Crippen LogP contribution in [0.4, 0.5) is 11.8 Å². The molecule has 1 fully saturated rings. The van der Waals surface area contributed by atoms with E-state index in [1.54, 1.807) is 6.20 Å². The van der Waals surface area contributed by atoms with Crippen LogP contribution in [0.5, 0.6) is 0 Å². The Morgan fingerprint density at radius 1 is 1.18 bits per heavy atom. The van der Waals surface area contributed by atoms with Crippen molar-refractivity contribution in [3.63, 3.8) is 0 Å². The summed E-state index contributed by atoms with van der Waals surface area (Å²) in [6, 6.07) is 1.44. The fourth-order valence-electron chi connectivity index (χ4n) is 4.27. The fourth-order valence-corrected chi connectivity index (χ4v) is 5.38. The number of fused-ring (bicyclic) bond motifs is 1. The summed E-state index contributed by atoms with van der Waals surface area (Å²) in [5.74, 6) is 0.540. The van der Waals surface area contributed by atoms with Crippen molar-refractivity contribution < 1.29 is 20.1 Å². The number of nitrogens with one attached hydrogen (secondary N) is 2. The molecule has 0 amide bonds. The monoisotopic (exact) mass is 488 g/mol. The molecule has 0 aliphatic heterocycles. The minimum absolute atomic E-state index is 0.00751. The summed E-state index contributed by atoms with van der Waals surface area (Å²) in [7, 11) is 0. The lowest BCUT2D eigenvalue weighted by Crippen LogP contribution is -2.36. The largest absolute Gasteiger partial charge is 0.396 e. The van der Waals surface area contributed by atoms with E-state index in [0.29, 0.717) is 31.4 Å². The second-order valence-corrected chi connectivity index (χ2v) is 9.76. The van der Waals surface area contributed by atoms with Crippen molar-refractivity contribution in [2.24, 2.45) is 5.92 Å². The number of nitrogens with zero attached hydrogens (tertiary/aromatic N) is 4. The topological polar surface area (TPSA) is 146 Å². The van der Waals surface area contributed by atoms with Gasteiger partial charge in [0.2, 0.25) is 5.95 Å². The van der Waals surface area contributed by atoms with Crippen molar-refractivity contribution in [1.29, 1.82) is 0 Å². The second-order valence-electron chi connectivity index (χ2n) is 8.73. The fraction of sp³-hybridized carbons (Fsp3) is 0.565. The number of hydrogen-bond acceptors (Lipinski definition) is 11. The summed E-state index contributed by atoms with van der Waals surface area (Å²) in [6.07, 6.45) is 0.137. The van der Waals surface area contributed by atoms with Crippen LogP contribution in [0.1, 0.15) is 31.7 Å². The number of thiazole rings is 1. The average molecular weight is 489 g/mol. The minimum atomic E-state index is -1.03. The highest BCUT2D eigenvalue weighted by Gasteiger charge is 2.41. The Hall–Kier alpha value is -2.44. The van der Waals surface area contributed by atoms with E-state index in [9.17, 15) is 15.3 Å². The summed E-state index contributed by atoms with van der Waals surface area (Å²) in [5, 5.41) is 37.8. The number of anilines is 2. The Morgan fingerprint density at radius 2 is 1.97 bits per heavy atom. The van der Waals surface area contributed by atoms with Crippen molar-refractivity contribution in [2.75, 3.05) is 30.5 Å². The summed E-state index contributed by atoms with van der Waals surface area (Å²) >= 11 is 1.52. The molecule has 1 aliphatic carbocycles. The van der Waals surface area contributed by atoms with Crippen molar-refractivity contribution >= 4 is 33.3 Å². The minimum Gasteiger partial charge on any atom is -0.396 e. The van der Waals surface area contributed by atoms with Gasteiger partial charge in [-0.2, -0.15) is 4.98 Å². The maximum absolute atomic E-state index is 10.6. The highest BCUT2D eigenvalue weighted by atomic mass is 32.1. The molecule has 10 nitrogen and oxygen atoms in total. The Kier molecular flexibility index (Phi) is 7.58. The van der Waals surface area contributed by atoms with Gasteiger partial charge in [0.25, 0.3) is 0 Å². The molecule has 34 heavy (non-hydrogen) atoms. The Balaban J connectivity index is 1.74. The first-order valence-corrected chi connectivity index (χ1v) is 12.3. The van der Waals surface area contributed by atoms with E-state index in [0.717, 1.165) is 32.2 Å². The van der Waals surface area contributed by atoms with Gasteiger partial charge in [-0.05, 0) is 40.2 Å². The summed E-state index contributed by atoms with van der Waals surface area (Å²) < 4.78 is 6.50. The van der Waals surface area contributed by atoms with Gasteiger partial charge >= 0.3 is 0 Å². The first kappa shape index (κ1) is 24.7. The highest BCUT2D eigenvalue weighted by Crippen LogP contribution is 2.38. The molecule has 0 bridgehead atoms. The highest BCUT2D eigenvalue weighted by molar-refractivity contribution is 7.21. The molecule has 184 valence electrons. The molecule has 1 aliphatic rings. The molecule has 11 heteroatoms. The molecular weight excluding hydrogens is 456 g/mol. The van der Waals surface area contributed by atoms with Gasteiger partial charge in [0.05, 0.1) is 40.4 Å². The zero-order valence-corrected chi connectivity index (χ0v) is 20.6. The van der Waals surface area contributed by atoms with Gasteiger partial charge in [-0.3, -0.25) is 4.98 Å². The maximum Gasteiger partial charge on any atom is 0.225 e. The smallest absolute Gasteiger partial charge is 0.225 e. The molecule has 5 atom stereocenters. The number of aryl methyl sites for hydroxylation is 2. The lowest BCUT2D eigenvalue weighted by Gasteiger charge is -2.22.